The fraction of sp³-hybridized carbons (Fsp3) is 0.273. The summed E-state index contributed by atoms with van der Waals surface area (Å²) in [6.07, 6.45) is 0. The average molecular weight is 471 g/mol. The quantitative estimate of drug-likeness (QED) is 0.602. The van der Waals surface area contributed by atoms with Gasteiger partial charge in [-0.05, 0) is 42.5 Å². The Balaban J connectivity index is 1.27. The molecular formula is C22H21N3O7S. The molecule has 11 heteroatoms. The molecule has 5 rings (SSSR count). The zero-order valence-corrected chi connectivity index (χ0v) is 18.3. The van der Waals surface area contributed by atoms with E-state index in [0.29, 0.717) is 68.0 Å². The first-order valence-electron chi connectivity index (χ1n) is 10.4. The number of carbonyl (C=O) groups excluding carboxylic acids is 1. The summed E-state index contributed by atoms with van der Waals surface area (Å²) in [5.74, 6) is 1.19. The van der Waals surface area contributed by atoms with Crippen LogP contribution in [0.1, 0.15) is 10.5 Å². The molecule has 0 saturated carbocycles. The monoisotopic (exact) mass is 471 g/mol. The molecule has 1 aromatic heterocycles. The fourth-order valence-electron chi connectivity index (χ4n) is 3.56. The number of ether oxygens (including phenoxy) is 3. The number of anilines is 1. The lowest BCUT2D eigenvalue weighted by molar-refractivity contribution is 0.0730. The van der Waals surface area contributed by atoms with Gasteiger partial charge < -0.3 is 24.1 Å². The number of aromatic nitrogens is 1. The molecule has 2 aromatic carbocycles. The molecule has 3 aromatic rings. The summed E-state index contributed by atoms with van der Waals surface area (Å²) in [6, 6.07) is 12.9. The van der Waals surface area contributed by atoms with E-state index >= 15 is 0 Å². The number of nitrogens with one attached hydrogen (secondary N) is 1. The normalized spacial score (nSPS) is 16.4. The number of sulfonamides is 1. The van der Waals surface area contributed by atoms with Gasteiger partial charge in [-0.3, -0.25) is 4.79 Å². The van der Waals surface area contributed by atoms with Gasteiger partial charge in [-0.1, -0.05) is 5.16 Å². The summed E-state index contributed by atoms with van der Waals surface area (Å²) in [7, 11) is -3.60. The molecule has 1 amide bonds. The summed E-state index contributed by atoms with van der Waals surface area (Å²) in [4.78, 5) is 12.8. The van der Waals surface area contributed by atoms with E-state index in [1.807, 2.05) is 0 Å². The second kappa shape index (κ2) is 8.85. The molecule has 172 valence electrons. The number of hydrogen-bond acceptors (Lipinski definition) is 8. The first-order chi connectivity index (χ1) is 16.0. The largest absolute Gasteiger partial charge is 0.486 e. The van der Waals surface area contributed by atoms with Crippen molar-refractivity contribution < 1.29 is 31.9 Å². The maximum absolute atomic E-state index is 12.7. The number of morpholine rings is 1. The number of amides is 1. The van der Waals surface area contributed by atoms with E-state index in [-0.39, 0.29) is 10.6 Å². The predicted molar refractivity (Wildman–Crippen MR) is 117 cm³/mol. The third-order valence-electron chi connectivity index (χ3n) is 5.29. The molecule has 10 nitrogen and oxygen atoms in total. The maximum Gasteiger partial charge on any atom is 0.277 e. The van der Waals surface area contributed by atoms with Crippen LogP contribution in [0.4, 0.5) is 5.69 Å². The van der Waals surface area contributed by atoms with E-state index in [9.17, 15) is 13.2 Å². The number of nitrogens with zero attached hydrogens (tertiary/aromatic N) is 2. The molecule has 1 saturated heterocycles. The Morgan fingerprint density at radius 2 is 1.64 bits per heavy atom. The van der Waals surface area contributed by atoms with Crippen LogP contribution in [0.3, 0.4) is 0 Å². The second-order valence-corrected chi connectivity index (χ2v) is 9.37. The van der Waals surface area contributed by atoms with Gasteiger partial charge in [0.15, 0.2) is 23.0 Å². The number of hydrogen-bond donors (Lipinski definition) is 1. The number of carbonyl (C=O) groups is 1. The van der Waals surface area contributed by atoms with Crippen LogP contribution in [0.25, 0.3) is 11.3 Å². The molecule has 33 heavy (non-hydrogen) atoms. The van der Waals surface area contributed by atoms with Gasteiger partial charge in [0, 0.05) is 30.4 Å². The van der Waals surface area contributed by atoms with Crippen LogP contribution in [-0.2, 0) is 14.8 Å². The third kappa shape index (κ3) is 4.42. The lowest BCUT2D eigenvalue weighted by atomic mass is 10.1. The Labute approximate surface area is 190 Å². The van der Waals surface area contributed by atoms with Crippen molar-refractivity contribution in [3.05, 3.63) is 54.2 Å². The van der Waals surface area contributed by atoms with Gasteiger partial charge in [0.1, 0.15) is 13.2 Å². The highest BCUT2D eigenvalue weighted by atomic mass is 32.2. The number of rotatable bonds is 5. The first kappa shape index (κ1) is 21.4. The minimum Gasteiger partial charge on any atom is -0.486 e. The third-order valence-corrected chi connectivity index (χ3v) is 7.20. The molecule has 1 N–H and O–H groups in total. The van der Waals surface area contributed by atoms with Crippen LogP contribution >= 0.6 is 0 Å². The zero-order valence-electron chi connectivity index (χ0n) is 17.5. The summed E-state index contributed by atoms with van der Waals surface area (Å²) in [5, 5.41) is 6.54. The van der Waals surface area contributed by atoms with Crippen molar-refractivity contribution in [2.75, 3.05) is 44.8 Å². The maximum atomic E-state index is 12.7. The van der Waals surface area contributed by atoms with Crippen molar-refractivity contribution in [2.45, 2.75) is 4.90 Å². The Bertz CT molecular complexity index is 1270. The summed E-state index contributed by atoms with van der Waals surface area (Å²) in [6.45, 7) is 2.35. The van der Waals surface area contributed by atoms with Gasteiger partial charge in [0.05, 0.1) is 18.1 Å². The van der Waals surface area contributed by atoms with Crippen LogP contribution < -0.4 is 14.8 Å². The van der Waals surface area contributed by atoms with Crippen molar-refractivity contribution in [3.63, 3.8) is 0 Å². The average Bonchev–Trinajstić information content (AvgIpc) is 3.35. The second-order valence-electron chi connectivity index (χ2n) is 7.43. The lowest BCUT2D eigenvalue weighted by Crippen LogP contribution is -2.40. The SMILES string of the molecule is O=C(Nc1ccc(S(=O)(=O)N2CCOCC2)cc1)c1cc(-c2ccc3c(c2)OCCO3)on1. The summed E-state index contributed by atoms with van der Waals surface area (Å²) >= 11 is 0. The smallest absolute Gasteiger partial charge is 0.277 e. The minimum absolute atomic E-state index is 0.0879. The van der Waals surface area contributed by atoms with Crippen LogP contribution in [0.15, 0.2) is 57.9 Å². The molecule has 0 radical (unpaired) electrons. The van der Waals surface area contributed by atoms with E-state index in [1.165, 1.54) is 34.6 Å². The van der Waals surface area contributed by atoms with E-state index in [0.717, 1.165) is 0 Å². The predicted octanol–water partition coefficient (Wildman–Crippen LogP) is 2.39. The highest BCUT2D eigenvalue weighted by Gasteiger charge is 2.26. The Hall–Kier alpha value is -3.41. The van der Waals surface area contributed by atoms with Crippen molar-refractivity contribution in [2.24, 2.45) is 0 Å². The van der Waals surface area contributed by atoms with E-state index < -0.39 is 15.9 Å². The zero-order chi connectivity index (χ0) is 22.8. The van der Waals surface area contributed by atoms with Gasteiger partial charge in [0.25, 0.3) is 5.91 Å². The highest BCUT2D eigenvalue weighted by Crippen LogP contribution is 2.34. The lowest BCUT2D eigenvalue weighted by Gasteiger charge is -2.26. The van der Waals surface area contributed by atoms with Crippen LogP contribution in [0, 0.1) is 0 Å². The molecule has 0 bridgehead atoms. The topological polar surface area (TPSA) is 120 Å². The van der Waals surface area contributed by atoms with E-state index in [1.54, 1.807) is 18.2 Å². The highest BCUT2D eigenvalue weighted by molar-refractivity contribution is 7.89. The number of benzene rings is 2. The van der Waals surface area contributed by atoms with Crippen LogP contribution in [0.5, 0.6) is 11.5 Å². The Kier molecular flexibility index (Phi) is 5.75. The molecule has 0 spiro atoms. The standard InChI is InChI=1S/C22H21N3O7S/c26-22(18-14-20(32-24-18)15-1-6-19-21(13-15)31-12-11-30-19)23-16-2-4-17(5-3-16)33(27,28)25-7-9-29-10-8-25/h1-6,13-14H,7-12H2,(H,23,26). The summed E-state index contributed by atoms with van der Waals surface area (Å²) in [5.41, 5.74) is 1.22. The molecule has 1 fully saturated rings. The summed E-state index contributed by atoms with van der Waals surface area (Å²) < 4.78 is 48.4. The Morgan fingerprint density at radius 1 is 0.909 bits per heavy atom. The van der Waals surface area contributed by atoms with Crippen molar-refractivity contribution in [1.29, 1.82) is 0 Å². The first-order valence-corrected chi connectivity index (χ1v) is 11.8. The fourth-order valence-corrected chi connectivity index (χ4v) is 4.96. The van der Waals surface area contributed by atoms with Gasteiger partial charge in [-0.2, -0.15) is 4.31 Å². The van der Waals surface area contributed by atoms with E-state index in [4.69, 9.17) is 18.7 Å². The van der Waals surface area contributed by atoms with Crippen LogP contribution in [-0.4, -0.2) is 63.3 Å². The minimum atomic E-state index is -3.60. The molecule has 0 aliphatic carbocycles. The van der Waals surface area contributed by atoms with E-state index in [2.05, 4.69) is 10.5 Å². The number of fused-ring (bicyclic) bond motifs is 1. The molecule has 2 aliphatic rings. The molecule has 3 heterocycles. The van der Waals surface area contributed by atoms with Crippen LogP contribution in [0.2, 0.25) is 0 Å². The molecule has 2 aliphatic heterocycles. The van der Waals surface area contributed by atoms with Gasteiger partial charge >= 0.3 is 0 Å². The molecular weight excluding hydrogens is 450 g/mol. The van der Waals surface area contributed by atoms with Gasteiger partial charge in [-0.15, -0.1) is 0 Å². The Morgan fingerprint density at radius 3 is 2.39 bits per heavy atom. The van der Waals surface area contributed by atoms with Crippen molar-refractivity contribution in [1.82, 2.24) is 9.46 Å². The molecule has 0 unspecified atom stereocenters. The van der Waals surface area contributed by atoms with Gasteiger partial charge in [0.2, 0.25) is 10.0 Å². The molecule has 0 atom stereocenters. The van der Waals surface area contributed by atoms with Gasteiger partial charge in [-0.25, -0.2) is 8.42 Å². The van der Waals surface area contributed by atoms with Crippen molar-refractivity contribution in [3.8, 4) is 22.8 Å². The van der Waals surface area contributed by atoms with Crippen molar-refractivity contribution >= 4 is 21.6 Å².